The number of fused-ring (bicyclic) bond motifs is 3. The lowest BCUT2D eigenvalue weighted by atomic mass is 10.1. The van der Waals surface area contributed by atoms with E-state index in [2.05, 4.69) is 51.2 Å². The minimum absolute atomic E-state index is 0. The Hall–Kier alpha value is -0.900. The van der Waals surface area contributed by atoms with Gasteiger partial charge in [0.2, 0.25) is 0 Å². The number of ether oxygens (including phenoxy) is 1. The molecule has 4 fully saturated rings. The molecule has 6 nitrogen and oxygen atoms in total. The second-order valence-corrected chi connectivity index (χ2v) is 8.29. The van der Waals surface area contributed by atoms with Crippen molar-refractivity contribution in [2.24, 2.45) is 10.9 Å². The molecule has 2 unspecified atom stereocenters. The maximum Gasteiger partial charge on any atom is 0.193 e. The third kappa shape index (κ3) is 6.29. The highest BCUT2D eigenvalue weighted by atomic mass is 127. The first-order chi connectivity index (χ1) is 13.8. The molecule has 29 heavy (non-hydrogen) atoms. The minimum atomic E-state index is 0. The zero-order valence-corrected chi connectivity index (χ0v) is 20.0. The zero-order chi connectivity index (χ0) is 19.2. The number of nitrogens with one attached hydrogen (secondary N) is 1. The molecule has 2 bridgehead atoms. The molecule has 4 aliphatic heterocycles. The number of rotatable bonds is 7. The molecule has 0 aromatic heterocycles. The lowest BCUT2D eigenvalue weighted by Crippen LogP contribution is -2.62. The fraction of sp³-hybridized carbons (Fsp3) is 0.682. The van der Waals surface area contributed by atoms with Crippen molar-refractivity contribution in [1.82, 2.24) is 20.0 Å². The maximum atomic E-state index is 5.98. The van der Waals surface area contributed by atoms with Crippen LogP contribution in [0.1, 0.15) is 18.9 Å². The SMILES string of the molecule is CCNC(=NCC1CN2CCN1CC2)N1CCC(COCc2ccccc2)C1.I. The van der Waals surface area contributed by atoms with Crippen LogP contribution in [0.25, 0.3) is 0 Å². The third-order valence-electron chi connectivity index (χ3n) is 6.23. The van der Waals surface area contributed by atoms with Crippen LogP contribution in [-0.2, 0) is 11.3 Å². The van der Waals surface area contributed by atoms with E-state index in [4.69, 9.17) is 9.73 Å². The van der Waals surface area contributed by atoms with Crippen LogP contribution in [0.5, 0.6) is 0 Å². The summed E-state index contributed by atoms with van der Waals surface area (Å²) in [6.45, 7) is 13.7. The molecule has 162 valence electrons. The fourth-order valence-corrected chi connectivity index (χ4v) is 4.59. The molecule has 0 radical (unpaired) electrons. The molecule has 4 saturated heterocycles. The molecule has 0 aliphatic carbocycles. The van der Waals surface area contributed by atoms with Crippen LogP contribution in [0, 0.1) is 5.92 Å². The lowest BCUT2D eigenvalue weighted by molar-refractivity contribution is 0.0173. The van der Waals surface area contributed by atoms with E-state index < -0.39 is 0 Å². The number of nitrogens with zero attached hydrogens (tertiary/aromatic N) is 4. The molecule has 0 spiro atoms. The van der Waals surface area contributed by atoms with E-state index in [9.17, 15) is 0 Å². The third-order valence-corrected chi connectivity index (χ3v) is 6.23. The Balaban J connectivity index is 0.00000240. The largest absolute Gasteiger partial charge is 0.376 e. The molecule has 7 heteroatoms. The van der Waals surface area contributed by atoms with Gasteiger partial charge in [0.1, 0.15) is 0 Å². The number of guanidine groups is 1. The highest BCUT2D eigenvalue weighted by molar-refractivity contribution is 14.0. The van der Waals surface area contributed by atoms with E-state index in [1.54, 1.807) is 0 Å². The summed E-state index contributed by atoms with van der Waals surface area (Å²) in [7, 11) is 0. The first-order valence-corrected chi connectivity index (χ1v) is 10.9. The molecule has 2 atom stereocenters. The number of halogens is 1. The summed E-state index contributed by atoms with van der Waals surface area (Å²) >= 11 is 0. The van der Waals surface area contributed by atoms with Crippen LogP contribution < -0.4 is 5.32 Å². The predicted octanol–water partition coefficient (Wildman–Crippen LogP) is 2.11. The number of benzene rings is 1. The summed E-state index contributed by atoms with van der Waals surface area (Å²) in [5.74, 6) is 1.68. The van der Waals surface area contributed by atoms with Gasteiger partial charge in [0.15, 0.2) is 5.96 Å². The van der Waals surface area contributed by atoms with Gasteiger partial charge in [-0.1, -0.05) is 30.3 Å². The van der Waals surface area contributed by atoms with Crippen LogP contribution in [-0.4, -0.2) is 92.2 Å². The smallest absolute Gasteiger partial charge is 0.193 e. The Morgan fingerprint density at radius 3 is 2.59 bits per heavy atom. The molecule has 4 aliphatic rings. The Morgan fingerprint density at radius 2 is 1.90 bits per heavy atom. The summed E-state index contributed by atoms with van der Waals surface area (Å²) in [6, 6.07) is 11.0. The van der Waals surface area contributed by atoms with Crippen LogP contribution in [0.3, 0.4) is 0 Å². The first kappa shape index (κ1) is 22.8. The maximum absolute atomic E-state index is 5.98. The van der Waals surface area contributed by atoms with Crippen LogP contribution >= 0.6 is 24.0 Å². The summed E-state index contributed by atoms with van der Waals surface area (Å²) < 4.78 is 5.98. The Morgan fingerprint density at radius 1 is 1.10 bits per heavy atom. The van der Waals surface area contributed by atoms with Crippen molar-refractivity contribution < 1.29 is 4.74 Å². The van der Waals surface area contributed by atoms with Gasteiger partial charge >= 0.3 is 0 Å². The predicted molar refractivity (Wildman–Crippen MR) is 129 cm³/mol. The quantitative estimate of drug-likeness (QED) is 0.344. The van der Waals surface area contributed by atoms with Crippen molar-refractivity contribution >= 4 is 29.9 Å². The van der Waals surface area contributed by atoms with Crippen molar-refractivity contribution in [3.8, 4) is 0 Å². The van der Waals surface area contributed by atoms with Gasteiger partial charge in [-0.25, -0.2) is 0 Å². The second-order valence-electron chi connectivity index (χ2n) is 8.29. The van der Waals surface area contributed by atoms with E-state index in [0.717, 1.165) is 38.7 Å². The summed E-state index contributed by atoms with van der Waals surface area (Å²) in [5.41, 5.74) is 1.25. The highest BCUT2D eigenvalue weighted by Crippen LogP contribution is 2.19. The van der Waals surface area contributed by atoms with Crippen molar-refractivity contribution in [2.75, 3.05) is 65.5 Å². The number of piperazine rings is 3. The van der Waals surface area contributed by atoms with Crippen molar-refractivity contribution in [2.45, 2.75) is 26.0 Å². The summed E-state index contributed by atoms with van der Waals surface area (Å²) in [5, 5.41) is 3.51. The van der Waals surface area contributed by atoms with Crippen LogP contribution in [0.2, 0.25) is 0 Å². The zero-order valence-electron chi connectivity index (χ0n) is 17.6. The Labute approximate surface area is 192 Å². The van der Waals surface area contributed by atoms with Gasteiger partial charge in [0.05, 0.1) is 19.8 Å². The van der Waals surface area contributed by atoms with E-state index in [1.807, 2.05) is 6.07 Å². The molecular formula is C22H36IN5O. The van der Waals surface area contributed by atoms with Crippen molar-refractivity contribution in [3.05, 3.63) is 35.9 Å². The van der Waals surface area contributed by atoms with Gasteiger partial charge in [0.25, 0.3) is 0 Å². The van der Waals surface area contributed by atoms with Crippen LogP contribution in [0.4, 0.5) is 0 Å². The standard InChI is InChI=1S/C22H35N5O.HI/c1-2-23-22(24-14-21-16-25-10-12-26(21)13-11-25)27-9-8-20(15-27)18-28-17-19-6-4-3-5-7-19;/h3-7,20-21H,2,8-18H2,1H3,(H,23,24);1H. The number of hydrogen-bond acceptors (Lipinski definition) is 4. The number of hydrogen-bond donors (Lipinski definition) is 1. The Kier molecular flexibility index (Phi) is 9.02. The van der Waals surface area contributed by atoms with Crippen LogP contribution in [0.15, 0.2) is 35.3 Å². The Bertz CT molecular complexity index is 635. The molecule has 4 heterocycles. The summed E-state index contributed by atoms with van der Waals surface area (Å²) in [6.07, 6.45) is 1.18. The summed E-state index contributed by atoms with van der Waals surface area (Å²) in [4.78, 5) is 12.7. The average molecular weight is 513 g/mol. The van der Waals surface area contributed by atoms with Gasteiger partial charge < -0.3 is 15.0 Å². The molecule has 5 rings (SSSR count). The van der Waals surface area contributed by atoms with E-state index in [1.165, 1.54) is 44.7 Å². The van der Waals surface area contributed by atoms with E-state index >= 15 is 0 Å². The molecule has 1 aromatic rings. The number of likely N-dealkylation sites (tertiary alicyclic amines) is 1. The second kappa shape index (κ2) is 11.5. The lowest BCUT2D eigenvalue weighted by Gasteiger charge is -2.47. The van der Waals surface area contributed by atoms with Gasteiger partial charge in [-0.15, -0.1) is 24.0 Å². The van der Waals surface area contributed by atoms with E-state index in [-0.39, 0.29) is 24.0 Å². The fourth-order valence-electron chi connectivity index (χ4n) is 4.59. The normalized spacial score (nSPS) is 29.0. The van der Waals surface area contributed by atoms with E-state index in [0.29, 0.717) is 18.6 Å². The van der Waals surface area contributed by atoms with Crippen molar-refractivity contribution in [1.29, 1.82) is 0 Å². The van der Waals surface area contributed by atoms with Gasteiger partial charge in [-0.3, -0.25) is 14.8 Å². The molecule has 1 aromatic carbocycles. The van der Waals surface area contributed by atoms with Gasteiger partial charge in [-0.2, -0.15) is 0 Å². The first-order valence-electron chi connectivity index (χ1n) is 10.9. The molecule has 1 N–H and O–H groups in total. The monoisotopic (exact) mass is 513 g/mol. The minimum Gasteiger partial charge on any atom is -0.376 e. The van der Waals surface area contributed by atoms with Crippen molar-refractivity contribution in [3.63, 3.8) is 0 Å². The highest BCUT2D eigenvalue weighted by Gasteiger charge is 2.32. The average Bonchev–Trinajstić information content (AvgIpc) is 3.21. The molecular weight excluding hydrogens is 477 g/mol. The number of aliphatic imine (C=N–C) groups is 1. The van der Waals surface area contributed by atoms with Gasteiger partial charge in [-0.05, 0) is 18.9 Å². The van der Waals surface area contributed by atoms with Gasteiger partial charge in [0, 0.05) is 64.3 Å². The molecule has 0 saturated carbocycles. The topological polar surface area (TPSA) is 43.3 Å². The molecule has 0 amide bonds.